The monoisotopic (exact) mass is 921 g/mol. The molecule has 2 aliphatic heterocycles. The molecule has 0 radical (unpaired) electrons. The van der Waals surface area contributed by atoms with Gasteiger partial charge in [-0.15, -0.1) is 0 Å². The van der Waals surface area contributed by atoms with Crippen molar-refractivity contribution < 1.29 is 0 Å². The molecule has 0 spiro atoms. The van der Waals surface area contributed by atoms with E-state index in [0.29, 0.717) is 0 Å². The van der Waals surface area contributed by atoms with Gasteiger partial charge in [0.25, 0.3) is 6.71 Å². The molecule has 10 aromatic rings. The van der Waals surface area contributed by atoms with Gasteiger partial charge < -0.3 is 9.80 Å². The van der Waals surface area contributed by atoms with E-state index in [-0.39, 0.29) is 28.4 Å². The highest BCUT2D eigenvalue weighted by Gasteiger charge is 2.45. The first kappa shape index (κ1) is 45.1. The number of rotatable bonds is 3. The summed E-state index contributed by atoms with van der Waals surface area (Å²) in [4.78, 5) is 5.37. The number of fused-ring (bicyclic) bond motifs is 12. The molecule has 0 fully saturated rings. The maximum absolute atomic E-state index is 2.68. The van der Waals surface area contributed by atoms with Crippen molar-refractivity contribution in [1.82, 2.24) is 0 Å². The topological polar surface area (TPSA) is 6.48 Å². The van der Waals surface area contributed by atoms with Gasteiger partial charge in [0.2, 0.25) is 0 Å². The summed E-state index contributed by atoms with van der Waals surface area (Å²) in [6, 6.07) is 68.2. The van der Waals surface area contributed by atoms with Gasteiger partial charge in [0.15, 0.2) is 0 Å². The Morgan fingerprint density at radius 3 is 1.07 bits per heavy atom. The molecule has 0 atom stereocenters. The van der Waals surface area contributed by atoms with Crippen LogP contribution in [0, 0.1) is 0 Å². The minimum absolute atomic E-state index is 0.0603. The molecule has 10 aromatic carbocycles. The minimum atomic E-state index is -0.0821. The zero-order chi connectivity index (χ0) is 49.5. The Kier molecular flexibility index (Phi) is 9.97. The summed E-state index contributed by atoms with van der Waals surface area (Å²) in [6.45, 7) is 28.2. The molecule has 0 amide bonds. The van der Waals surface area contributed by atoms with Gasteiger partial charge in [0, 0.05) is 44.9 Å². The molecular weight excluding hydrogens is 856 g/mol. The van der Waals surface area contributed by atoms with Gasteiger partial charge in [-0.2, -0.15) is 0 Å². The fourth-order valence-corrected chi connectivity index (χ4v) is 11.7. The fourth-order valence-electron chi connectivity index (χ4n) is 11.7. The van der Waals surface area contributed by atoms with Crippen LogP contribution < -0.4 is 26.2 Å². The van der Waals surface area contributed by atoms with Crippen LogP contribution in [0.4, 0.5) is 34.1 Å². The molecule has 0 N–H and O–H groups in total. The summed E-state index contributed by atoms with van der Waals surface area (Å²) < 4.78 is 0. The van der Waals surface area contributed by atoms with Crippen molar-refractivity contribution in [2.45, 2.75) is 105 Å². The first-order valence-electron chi connectivity index (χ1n) is 25.8. The molecule has 0 aromatic heterocycles. The van der Waals surface area contributed by atoms with E-state index >= 15 is 0 Å². The predicted molar refractivity (Wildman–Crippen MR) is 311 cm³/mol. The van der Waals surface area contributed by atoms with Crippen molar-refractivity contribution in [3.8, 4) is 11.1 Å². The zero-order valence-corrected chi connectivity index (χ0v) is 43.7. The summed E-state index contributed by atoms with van der Waals surface area (Å²) in [5.74, 6) is 0. The van der Waals surface area contributed by atoms with Crippen LogP contribution in [-0.2, 0) is 21.7 Å². The first-order valence-corrected chi connectivity index (χ1v) is 25.8. The van der Waals surface area contributed by atoms with Crippen LogP contribution >= 0.6 is 0 Å². The van der Waals surface area contributed by atoms with E-state index in [9.17, 15) is 0 Å². The molecule has 0 aliphatic carbocycles. The minimum Gasteiger partial charge on any atom is -0.311 e. The van der Waals surface area contributed by atoms with E-state index < -0.39 is 0 Å². The molecule has 350 valence electrons. The second-order valence-corrected chi connectivity index (χ2v) is 24.7. The molecule has 2 aliphatic rings. The SMILES string of the molecule is CC(C)(C)c1cc(N2c3cc(-c4ccccc4)cc4c3B(c3ccc5c(ccc6ccccc65)c32)c2ccc3c(ccc5ccccc53)c2N4c2cc(C(C)(C)C)cc(C(C)(C)C)c2)cc(C(C)(C)C)c1. The lowest BCUT2D eigenvalue weighted by atomic mass is 9.33. The Balaban J connectivity index is 1.30. The van der Waals surface area contributed by atoms with Gasteiger partial charge in [-0.3, -0.25) is 0 Å². The average Bonchev–Trinajstić information content (AvgIpc) is 3.34. The van der Waals surface area contributed by atoms with E-state index in [1.165, 1.54) is 127 Å². The Morgan fingerprint density at radius 2 is 0.676 bits per heavy atom. The molecule has 0 saturated heterocycles. The standard InChI is InChI=1S/C68H65BN2/c1-65(2,3)46-36-47(66(4,5)6)39-50(38-46)70-60-34-45(42-20-14-13-15-21-42)35-61-62(60)69(58-32-30-54-52-24-18-16-22-43(52)26-28-56(54)63(58)70)59-33-31-55-53-25-19-17-23-44(53)27-29-57(55)64(59)71(61)51-40-48(67(7,8)9)37-49(41-51)68(10,11)12/h13-41H,1-12H3. The van der Waals surface area contributed by atoms with Crippen LogP contribution in [0.2, 0.25) is 0 Å². The van der Waals surface area contributed by atoms with Gasteiger partial charge in [0.05, 0.1) is 0 Å². The first-order chi connectivity index (χ1) is 33.7. The van der Waals surface area contributed by atoms with Crippen molar-refractivity contribution in [2.75, 3.05) is 9.80 Å². The number of anilines is 6. The van der Waals surface area contributed by atoms with Crippen LogP contribution in [-0.4, -0.2) is 6.71 Å². The highest BCUT2D eigenvalue weighted by atomic mass is 15.2. The summed E-state index contributed by atoms with van der Waals surface area (Å²) in [7, 11) is 0. The molecule has 3 heteroatoms. The normalized spacial score (nSPS) is 13.8. The predicted octanol–water partition coefficient (Wildman–Crippen LogP) is 17.2. The van der Waals surface area contributed by atoms with Crippen molar-refractivity contribution in [3.05, 3.63) is 198 Å². The fraction of sp³-hybridized carbons (Fsp3) is 0.235. The maximum Gasteiger partial charge on any atom is 0.252 e. The maximum atomic E-state index is 2.68. The third kappa shape index (κ3) is 7.29. The Bertz CT molecular complexity index is 3520. The Labute approximate surface area is 422 Å². The van der Waals surface area contributed by atoms with Crippen LogP contribution in [0.1, 0.15) is 105 Å². The van der Waals surface area contributed by atoms with E-state index in [2.05, 4.69) is 269 Å². The second kappa shape index (κ2) is 15.7. The van der Waals surface area contributed by atoms with Gasteiger partial charge >= 0.3 is 0 Å². The van der Waals surface area contributed by atoms with Crippen LogP contribution in [0.25, 0.3) is 54.2 Å². The van der Waals surface area contributed by atoms with Crippen molar-refractivity contribution in [3.63, 3.8) is 0 Å². The lowest BCUT2D eigenvalue weighted by Gasteiger charge is -2.46. The van der Waals surface area contributed by atoms with Crippen molar-refractivity contribution in [1.29, 1.82) is 0 Å². The van der Waals surface area contributed by atoms with Gasteiger partial charge in [-0.05, 0) is 140 Å². The molecule has 2 nitrogen and oxygen atoms in total. The lowest BCUT2D eigenvalue weighted by Crippen LogP contribution is -2.61. The quantitative estimate of drug-likeness (QED) is 0.129. The highest BCUT2D eigenvalue weighted by Crippen LogP contribution is 2.51. The Hall–Kier alpha value is -7.10. The van der Waals surface area contributed by atoms with E-state index in [0.717, 1.165) is 0 Å². The van der Waals surface area contributed by atoms with Gasteiger partial charge in [-0.1, -0.05) is 223 Å². The molecule has 71 heavy (non-hydrogen) atoms. The van der Waals surface area contributed by atoms with Gasteiger partial charge in [0.1, 0.15) is 0 Å². The van der Waals surface area contributed by atoms with Crippen LogP contribution in [0.5, 0.6) is 0 Å². The largest absolute Gasteiger partial charge is 0.311 e. The highest BCUT2D eigenvalue weighted by molar-refractivity contribution is 7.00. The van der Waals surface area contributed by atoms with Crippen molar-refractivity contribution in [2.24, 2.45) is 0 Å². The third-order valence-corrected chi connectivity index (χ3v) is 15.8. The Morgan fingerprint density at radius 1 is 0.310 bits per heavy atom. The molecule has 0 unspecified atom stereocenters. The summed E-state index contributed by atoms with van der Waals surface area (Å²) in [5, 5.41) is 10.1. The van der Waals surface area contributed by atoms with Crippen LogP contribution in [0.3, 0.4) is 0 Å². The van der Waals surface area contributed by atoms with E-state index in [4.69, 9.17) is 0 Å². The van der Waals surface area contributed by atoms with E-state index in [1.807, 2.05) is 0 Å². The summed E-state index contributed by atoms with van der Waals surface area (Å²) in [6.07, 6.45) is 0. The second-order valence-electron chi connectivity index (χ2n) is 24.7. The number of hydrogen-bond donors (Lipinski definition) is 0. The number of hydrogen-bond acceptors (Lipinski definition) is 2. The van der Waals surface area contributed by atoms with Crippen molar-refractivity contribution >= 4 is 100 Å². The van der Waals surface area contributed by atoms with Gasteiger partial charge in [-0.25, -0.2) is 0 Å². The molecule has 12 rings (SSSR count). The van der Waals surface area contributed by atoms with Crippen LogP contribution in [0.15, 0.2) is 176 Å². The number of benzene rings is 10. The lowest BCUT2D eigenvalue weighted by molar-refractivity contribution is 0.568. The number of nitrogens with zero attached hydrogens (tertiary/aromatic N) is 2. The smallest absolute Gasteiger partial charge is 0.252 e. The average molecular weight is 921 g/mol. The zero-order valence-electron chi connectivity index (χ0n) is 43.7. The van der Waals surface area contributed by atoms with E-state index in [1.54, 1.807) is 0 Å². The molecule has 0 saturated carbocycles. The summed E-state index contributed by atoms with van der Waals surface area (Å²) in [5.41, 5.74) is 18.8. The molecule has 0 bridgehead atoms. The third-order valence-electron chi connectivity index (χ3n) is 15.8. The molecular formula is C68H65BN2. The molecule has 2 heterocycles. The summed E-state index contributed by atoms with van der Waals surface area (Å²) >= 11 is 0.